The number of hydrogen-bond acceptors (Lipinski definition) is 4. The fraction of sp³-hybridized carbons (Fsp3) is 0.312. The number of rotatable bonds is 3. The first kappa shape index (κ1) is 18.6. The largest absolute Gasteiger partial charge is 0.303 e. The highest BCUT2D eigenvalue weighted by Crippen LogP contribution is 2.54. The van der Waals surface area contributed by atoms with E-state index in [4.69, 9.17) is 15.8 Å². The molecule has 1 heterocycles. The average Bonchev–Trinajstić information content (AvgIpc) is 3.16. The van der Waals surface area contributed by atoms with Crippen LogP contribution in [0.3, 0.4) is 0 Å². The maximum Gasteiger partial charge on any atom is 0.303 e. The third-order valence-corrected chi connectivity index (χ3v) is 6.45. The van der Waals surface area contributed by atoms with Crippen LogP contribution < -0.4 is 0 Å². The first-order chi connectivity index (χ1) is 12.6. The summed E-state index contributed by atoms with van der Waals surface area (Å²) in [6, 6.07) is 3.16. The molecule has 11 heteroatoms. The summed E-state index contributed by atoms with van der Waals surface area (Å²) in [7, 11) is -5.24. The molecule has 144 valence electrons. The molecule has 0 amide bonds. The van der Waals surface area contributed by atoms with E-state index in [0.29, 0.717) is 17.7 Å². The van der Waals surface area contributed by atoms with Gasteiger partial charge in [0.15, 0.2) is 28.2 Å². The fourth-order valence-electron chi connectivity index (χ4n) is 3.77. The van der Waals surface area contributed by atoms with Gasteiger partial charge in [0.2, 0.25) is 5.82 Å². The van der Waals surface area contributed by atoms with Crippen molar-refractivity contribution in [1.29, 1.82) is 0 Å². The molecule has 1 saturated carbocycles. The van der Waals surface area contributed by atoms with Crippen molar-refractivity contribution in [2.45, 2.75) is 35.7 Å². The lowest BCUT2D eigenvalue weighted by Crippen LogP contribution is -2.26. The van der Waals surface area contributed by atoms with E-state index < -0.39 is 56.1 Å². The van der Waals surface area contributed by atoms with Crippen molar-refractivity contribution in [2.24, 2.45) is 0 Å². The Hall–Kier alpha value is -1.78. The van der Waals surface area contributed by atoms with Gasteiger partial charge >= 0.3 is 10.1 Å². The first-order valence-corrected chi connectivity index (χ1v) is 9.51. The molecule has 0 N–H and O–H groups in total. The molecule has 1 aromatic carbocycles. The lowest BCUT2D eigenvalue weighted by atomic mass is 9.94. The molecule has 4 nitrogen and oxygen atoms in total. The molecule has 0 radical (unpaired) electrons. The van der Waals surface area contributed by atoms with E-state index >= 15 is 0 Å². The quantitative estimate of drug-likeness (QED) is 0.243. The zero-order valence-electron chi connectivity index (χ0n) is 13.1. The van der Waals surface area contributed by atoms with E-state index in [1.807, 2.05) is 0 Å². The third-order valence-electron chi connectivity index (χ3n) is 4.88. The van der Waals surface area contributed by atoms with Gasteiger partial charge in [-0.2, -0.15) is 8.42 Å². The van der Waals surface area contributed by atoms with Gasteiger partial charge in [-0.3, -0.25) is 4.18 Å². The molecular weight excluding hydrogens is 417 g/mol. The minimum absolute atomic E-state index is 0.166. The molecule has 0 unspecified atom stereocenters. The minimum Gasteiger partial charge on any atom is -0.262 e. The molecule has 0 spiro atoms. The predicted molar refractivity (Wildman–Crippen MR) is 82.3 cm³/mol. The monoisotopic (exact) mass is 425 g/mol. The second-order valence-electron chi connectivity index (χ2n) is 6.37. The highest BCUT2D eigenvalue weighted by Gasteiger charge is 2.48. The van der Waals surface area contributed by atoms with Crippen LogP contribution >= 0.6 is 11.6 Å². The topological polar surface area (TPSA) is 56.3 Å². The van der Waals surface area contributed by atoms with Crippen molar-refractivity contribution >= 4 is 21.7 Å². The van der Waals surface area contributed by atoms with Gasteiger partial charge in [-0.05, 0) is 24.5 Å². The normalized spacial score (nSPS) is 23.7. The van der Waals surface area contributed by atoms with Crippen molar-refractivity contribution in [3.63, 3.8) is 0 Å². The van der Waals surface area contributed by atoms with Gasteiger partial charge in [0.1, 0.15) is 5.15 Å². The van der Waals surface area contributed by atoms with Crippen LogP contribution in [0.25, 0.3) is 0 Å². The molecular formula is C16H9ClF5NO3S. The van der Waals surface area contributed by atoms with Crippen LogP contribution in [0.5, 0.6) is 0 Å². The van der Waals surface area contributed by atoms with Crippen LogP contribution in [0.2, 0.25) is 5.15 Å². The molecule has 3 atom stereocenters. The fourth-order valence-corrected chi connectivity index (χ4v) is 5.18. The number of halogens is 6. The Balaban J connectivity index is 1.70. The van der Waals surface area contributed by atoms with Crippen LogP contribution in [0.1, 0.15) is 35.9 Å². The first-order valence-electron chi connectivity index (χ1n) is 7.73. The molecule has 2 aliphatic carbocycles. The number of aromatic nitrogens is 1. The van der Waals surface area contributed by atoms with E-state index in [1.54, 1.807) is 6.07 Å². The summed E-state index contributed by atoms with van der Waals surface area (Å²) >= 11 is 5.84. The zero-order chi connectivity index (χ0) is 19.7. The predicted octanol–water partition coefficient (Wildman–Crippen LogP) is 4.18. The summed E-state index contributed by atoms with van der Waals surface area (Å²) in [5.74, 6) is -12.7. The SMILES string of the molecule is O=S(=O)(O[C@@H]1C[C@@H]2C[C@H]1c1ccc(Cl)nc12)c1c(F)c(F)c(F)c(F)c1F. The molecule has 1 fully saturated rings. The summed E-state index contributed by atoms with van der Waals surface area (Å²) in [4.78, 5) is 2.20. The maximum absolute atomic E-state index is 13.8. The number of hydrogen-bond donors (Lipinski definition) is 0. The second-order valence-corrected chi connectivity index (χ2v) is 8.27. The molecule has 27 heavy (non-hydrogen) atoms. The van der Waals surface area contributed by atoms with Crippen LogP contribution in [0.15, 0.2) is 17.0 Å². The van der Waals surface area contributed by atoms with E-state index in [-0.39, 0.29) is 17.5 Å². The molecule has 2 aromatic rings. The van der Waals surface area contributed by atoms with Crippen molar-refractivity contribution in [1.82, 2.24) is 4.98 Å². The van der Waals surface area contributed by atoms with Crippen LogP contribution in [0, 0.1) is 29.1 Å². The lowest BCUT2D eigenvalue weighted by molar-refractivity contribution is 0.189. The van der Waals surface area contributed by atoms with Crippen LogP contribution in [-0.2, 0) is 14.3 Å². The number of benzene rings is 1. The van der Waals surface area contributed by atoms with E-state index in [1.165, 1.54) is 6.07 Å². The molecule has 2 bridgehead atoms. The highest BCUT2D eigenvalue weighted by atomic mass is 35.5. The Morgan fingerprint density at radius 2 is 1.56 bits per heavy atom. The summed E-state index contributed by atoms with van der Waals surface area (Å²) in [5, 5.41) is 0.271. The highest BCUT2D eigenvalue weighted by molar-refractivity contribution is 7.86. The van der Waals surface area contributed by atoms with E-state index in [9.17, 15) is 30.4 Å². The Kier molecular flexibility index (Phi) is 4.21. The van der Waals surface area contributed by atoms with Gasteiger partial charge in [0, 0.05) is 17.5 Å². The third kappa shape index (κ3) is 2.73. The zero-order valence-corrected chi connectivity index (χ0v) is 14.7. The summed E-state index contributed by atoms with van der Waals surface area (Å²) < 4.78 is 96.9. The number of nitrogens with zero attached hydrogens (tertiary/aromatic N) is 1. The number of pyridine rings is 1. The Morgan fingerprint density at radius 3 is 2.19 bits per heavy atom. The Bertz CT molecular complexity index is 1050. The average molecular weight is 426 g/mol. The summed E-state index contributed by atoms with van der Waals surface area (Å²) in [6.45, 7) is 0. The van der Waals surface area contributed by atoms with E-state index in [0.717, 1.165) is 0 Å². The Morgan fingerprint density at radius 1 is 0.963 bits per heavy atom. The standard InChI is InChI=1S/C16H9ClF5NO3S/c17-9-2-1-6-7-3-5(15(6)23-9)4-8(7)26-27(24,25)16-13(21)11(19)10(18)12(20)14(16)22/h1-2,5,7-8H,3-4H2/t5-,7-,8+/m0/s1. The van der Waals surface area contributed by atoms with Crippen molar-refractivity contribution in [2.75, 3.05) is 0 Å². The minimum atomic E-state index is -5.24. The lowest BCUT2D eigenvalue weighted by Gasteiger charge is -2.24. The maximum atomic E-state index is 13.8. The molecule has 1 aromatic heterocycles. The molecule has 2 aliphatic rings. The van der Waals surface area contributed by atoms with Crippen molar-refractivity contribution in [3.05, 3.63) is 57.6 Å². The number of fused-ring (bicyclic) bond motifs is 5. The van der Waals surface area contributed by atoms with Gasteiger partial charge in [-0.1, -0.05) is 17.7 Å². The smallest absolute Gasteiger partial charge is 0.262 e. The van der Waals surface area contributed by atoms with Gasteiger partial charge < -0.3 is 0 Å². The van der Waals surface area contributed by atoms with Gasteiger partial charge in [0.05, 0.1) is 6.10 Å². The molecule has 0 saturated heterocycles. The van der Waals surface area contributed by atoms with E-state index in [2.05, 4.69) is 4.98 Å². The van der Waals surface area contributed by atoms with Gasteiger partial charge in [-0.25, -0.2) is 26.9 Å². The molecule has 4 rings (SSSR count). The van der Waals surface area contributed by atoms with Crippen molar-refractivity contribution in [3.8, 4) is 0 Å². The summed E-state index contributed by atoms with van der Waals surface area (Å²) in [5.41, 5.74) is 1.38. The second kappa shape index (κ2) is 6.11. The van der Waals surface area contributed by atoms with Gasteiger partial charge in [-0.15, -0.1) is 0 Å². The molecule has 0 aliphatic heterocycles. The van der Waals surface area contributed by atoms with Gasteiger partial charge in [0.25, 0.3) is 0 Å². The van der Waals surface area contributed by atoms with Crippen molar-refractivity contribution < 1.29 is 34.6 Å². The van der Waals surface area contributed by atoms with Crippen LogP contribution in [0.4, 0.5) is 22.0 Å². The summed E-state index contributed by atoms with van der Waals surface area (Å²) in [6.07, 6.45) is -0.356. The Labute approximate surface area is 155 Å². The van der Waals surface area contributed by atoms with Crippen LogP contribution in [-0.4, -0.2) is 19.5 Å².